The predicted molar refractivity (Wildman–Crippen MR) is 124 cm³/mol. The number of halogens is 1. The van der Waals surface area contributed by atoms with E-state index in [-0.39, 0.29) is 35.4 Å². The van der Waals surface area contributed by atoms with E-state index in [2.05, 4.69) is 9.71 Å². The first kappa shape index (κ1) is 22.9. The van der Waals surface area contributed by atoms with Gasteiger partial charge in [-0.25, -0.2) is 17.5 Å². The van der Waals surface area contributed by atoms with E-state index >= 15 is 0 Å². The van der Waals surface area contributed by atoms with Crippen LogP contribution in [-0.2, 0) is 14.8 Å². The standard InChI is InChI=1S/C24H24FN3O4S/c1-16(29)18-3-2-4-20(13-18)33(31,32)27-10-7-24(30)28-11-8-17(9-12-28)22-15-26-23-14-19(25)5-6-21(22)23/h2-6,8,13-15,26-27H,7,9-12H2,1H3. The molecule has 1 amide bonds. The van der Waals surface area contributed by atoms with E-state index in [4.69, 9.17) is 0 Å². The molecule has 2 heterocycles. The Morgan fingerprint density at radius 3 is 2.73 bits per heavy atom. The number of aromatic nitrogens is 1. The number of benzene rings is 2. The third kappa shape index (κ3) is 5.04. The number of rotatable bonds is 7. The minimum atomic E-state index is -3.82. The van der Waals surface area contributed by atoms with Gasteiger partial charge in [-0.1, -0.05) is 18.2 Å². The van der Waals surface area contributed by atoms with E-state index in [1.807, 2.05) is 12.3 Å². The maximum atomic E-state index is 13.4. The molecule has 0 saturated heterocycles. The predicted octanol–water partition coefficient (Wildman–Crippen LogP) is 3.49. The van der Waals surface area contributed by atoms with E-state index in [0.29, 0.717) is 25.1 Å². The van der Waals surface area contributed by atoms with Crippen molar-refractivity contribution in [1.29, 1.82) is 0 Å². The molecule has 0 bridgehead atoms. The fourth-order valence-corrected chi connectivity index (χ4v) is 5.00. The number of ketones is 1. The second-order valence-electron chi connectivity index (χ2n) is 7.94. The molecule has 0 aliphatic carbocycles. The van der Waals surface area contributed by atoms with Gasteiger partial charge < -0.3 is 9.88 Å². The van der Waals surface area contributed by atoms with Crippen molar-refractivity contribution in [3.05, 3.63) is 71.7 Å². The lowest BCUT2D eigenvalue weighted by atomic mass is 9.99. The Balaban J connectivity index is 1.34. The zero-order valence-electron chi connectivity index (χ0n) is 18.1. The quantitative estimate of drug-likeness (QED) is 0.518. The highest BCUT2D eigenvalue weighted by Gasteiger charge is 2.21. The number of sulfonamides is 1. The van der Waals surface area contributed by atoms with Crippen molar-refractivity contribution in [2.75, 3.05) is 19.6 Å². The van der Waals surface area contributed by atoms with Crippen molar-refractivity contribution in [3.8, 4) is 0 Å². The molecule has 0 spiro atoms. The molecule has 0 unspecified atom stereocenters. The van der Waals surface area contributed by atoms with E-state index < -0.39 is 10.0 Å². The monoisotopic (exact) mass is 469 g/mol. The van der Waals surface area contributed by atoms with Crippen LogP contribution in [0.3, 0.4) is 0 Å². The molecule has 172 valence electrons. The van der Waals surface area contributed by atoms with Crippen molar-refractivity contribution in [1.82, 2.24) is 14.6 Å². The Morgan fingerprint density at radius 1 is 1.18 bits per heavy atom. The summed E-state index contributed by atoms with van der Waals surface area (Å²) in [4.78, 5) is 28.8. The van der Waals surface area contributed by atoms with Gasteiger partial charge in [-0.15, -0.1) is 0 Å². The third-order valence-corrected chi connectivity index (χ3v) is 7.19. The fourth-order valence-electron chi connectivity index (χ4n) is 3.92. The Hall–Kier alpha value is -3.30. The van der Waals surface area contributed by atoms with Gasteiger partial charge in [0.25, 0.3) is 0 Å². The van der Waals surface area contributed by atoms with E-state index in [1.165, 1.54) is 37.3 Å². The molecule has 0 atom stereocenters. The molecule has 33 heavy (non-hydrogen) atoms. The lowest BCUT2D eigenvalue weighted by Crippen LogP contribution is -2.37. The van der Waals surface area contributed by atoms with Crippen molar-refractivity contribution >= 4 is 38.2 Å². The van der Waals surface area contributed by atoms with Gasteiger partial charge in [0.05, 0.1) is 4.90 Å². The van der Waals surface area contributed by atoms with E-state index in [1.54, 1.807) is 17.0 Å². The van der Waals surface area contributed by atoms with Crippen molar-refractivity contribution < 1.29 is 22.4 Å². The number of amides is 1. The fraction of sp³-hybridized carbons (Fsp3) is 0.250. The van der Waals surface area contributed by atoms with E-state index in [9.17, 15) is 22.4 Å². The molecule has 2 aromatic carbocycles. The molecule has 1 aromatic heterocycles. The third-order valence-electron chi connectivity index (χ3n) is 5.73. The van der Waals surface area contributed by atoms with Crippen LogP contribution >= 0.6 is 0 Å². The summed E-state index contributed by atoms with van der Waals surface area (Å²) in [6.07, 6.45) is 4.51. The molecule has 2 N–H and O–H groups in total. The van der Waals surface area contributed by atoms with Crippen LogP contribution in [0, 0.1) is 5.82 Å². The number of fused-ring (bicyclic) bond motifs is 1. The lowest BCUT2D eigenvalue weighted by Gasteiger charge is -2.26. The second-order valence-corrected chi connectivity index (χ2v) is 9.71. The number of carbonyl (C=O) groups is 2. The van der Waals surface area contributed by atoms with Crippen LogP contribution in [-0.4, -0.2) is 49.6 Å². The second kappa shape index (κ2) is 9.29. The van der Waals surface area contributed by atoms with Crippen LogP contribution in [0.5, 0.6) is 0 Å². The first-order chi connectivity index (χ1) is 15.7. The maximum Gasteiger partial charge on any atom is 0.240 e. The minimum absolute atomic E-state index is 0.00759. The number of H-pyrrole nitrogens is 1. The van der Waals surface area contributed by atoms with Gasteiger partial charge in [-0.3, -0.25) is 9.59 Å². The molecule has 1 aliphatic rings. The van der Waals surface area contributed by atoms with E-state index in [0.717, 1.165) is 22.0 Å². The number of carbonyl (C=O) groups excluding carboxylic acids is 2. The zero-order chi connectivity index (χ0) is 23.6. The van der Waals surface area contributed by atoms with Gasteiger partial charge in [-0.2, -0.15) is 0 Å². The number of aromatic amines is 1. The summed E-state index contributed by atoms with van der Waals surface area (Å²) in [7, 11) is -3.82. The summed E-state index contributed by atoms with van der Waals surface area (Å²) >= 11 is 0. The average molecular weight is 470 g/mol. The van der Waals surface area contributed by atoms with Crippen LogP contribution in [0.2, 0.25) is 0 Å². The zero-order valence-corrected chi connectivity index (χ0v) is 18.9. The first-order valence-electron chi connectivity index (χ1n) is 10.6. The highest BCUT2D eigenvalue weighted by Crippen LogP contribution is 2.29. The molecule has 0 saturated carbocycles. The van der Waals surface area contributed by atoms with Crippen LogP contribution in [0.25, 0.3) is 16.5 Å². The number of Topliss-reactive ketones (excluding diaryl/α,β-unsaturated/α-hetero) is 1. The average Bonchev–Trinajstić information content (AvgIpc) is 3.22. The van der Waals surface area contributed by atoms with Gasteiger partial charge in [0.2, 0.25) is 15.9 Å². The molecule has 4 rings (SSSR count). The molecule has 3 aromatic rings. The molecule has 7 nitrogen and oxygen atoms in total. The topological polar surface area (TPSA) is 99.3 Å². The SMILES string of the molecule is CC(=O)c1cccc(S(=O)(=O)NCCC(=O)N2CC=C(c3c[nH]c4cc(F)ccc34)CC2)c1. The number of hydrogen-bond acceptors (Lipinski definition) is 4. The van der Waals surface area contributed by atoms with Gasteiger partial charge in [-0.05, 0) is 49.2 Å². The van der Waals surface area contributed by atoms with Gasteiger partial charge in [0.1, 0.15) is 5.82 Å². The lowest BCUT2D eigenvalue weighted by molar-refractivity contribution is -0.130. The smallest absolute Gasteiger partial charge is 0.240 e. The summed E-state index contributed by atoms with van der Waals surface area (Å²) in [5.74, 6) is -0.668. The Morgan fingerprint density at radius 2 is 2.00 bits per heavy atom. The van der Waals surface area contributed by atoms with Crippen molar-refractivity contribution in [2.45, 2.75) is 24.7 Å². The van der Waals surface area contributed by atoms with Crippen LogP contribution in [0.15, 0.2) is 59.6 Å². The number of nitrogens with one attached hydrogen (secondary N) is 2. The van der Waals surface area contributed by atoms with Gasteiger partial charge in [0, 0.05) is 54.3 Å². The first-order valence-corrected chi connectivity index (χ1v) is 12.1. The Kier molecular flexibility index (Phi) is 6.44. The molecular formula is C24H24FN3O4S. The highest BCUT2D eigenvalue weighted by molar-refractivity contribution is 7.89. The largest absolute Gasteiger partial charge is 0.360 e. The number of hydrogen-bond donors (Lipinski definition) is 2. The van der Waals surface area contributed by atoms with Crippen molar-refractivity contribution in [2.24, 2.45) is 0 Å². The number of nitrogens with zero attached hydrogens (tertiary/aromatic N) is 1. The van der Waals surface area contributed by atoms with Crippen molar-refractivity contribution in [3.63, 3.8) is 0 Å². The Labute approximate surface area is 191 Å². The minimum Gasteiger partial charge on any atom is -0.360 e. The van der Waals surface area contributed by atoms with Gasteiger partial charge in [0.15, 0.2) is 5.78 Å². The normalized spacial score (nSPS) is 14.4. The Bertz CT molecular complexity index is 1360. The molecule has 0 fully saturated rings. The molecule has 9 heteroatoms. The molecular weight excluding hydrogens is 445 g/mol. The maximum absolute atomic E-state index is 13.4. The summed E-state index contributed by atoms with van der Waals surface area (Å²) < 4.78 is 40.8. The summed E-state index contributed by atoms with van der Waals surface area (Å²) in [6.45, 7) is 2.28. The summed E-state index contributed by atoms with van der Waals surface area (Å²) in [5, 5.41) is 0.936. The summed E-state index contributed by atoms with van der Waals surface area (Å²) in [6, 6.07) is 10.4. The molecule has 0 radical (unpaired) electrons. The van der Waals surface area contributed by atoms with Crippen LogP contribution < -0.4 is 4.72 Å². The van der Waals surface area contributed by atoms with Crippen LogP contribution in [0.4, 0.5) is 4.39 Å². The molecule has 1 aliphatic heterocycles. The van der Waals surface area contributed by atoms with Crippen LogP contribution in [0.1, 0.15) is 35.7 Å². The van der Waals surface area contributed by atoms with Gasteiger partial charge >= 0.3 is 0 Å². The highest BCUT2D eigenvalue weighted by atomic mass is 32.2. The summed E-state index contributed by atoms with van der Waals surface area (Å²) in [5.41, 5.74) is 3.12.